The van der Waals surface area contributed by atoms with E-state index in [1.165, 1.54) is 11.1 Å². The highest BCUT2D eigenvalue weighted by Gasteiger charge is 2.18. The first kappa shape index (κ1) is 14.5. The van der Waals surface area contributed by atoms with Crippen LogP contribution < -0.4 is 0 Å². The summed E-state index contributed by atoms with van der Waals surface area (Å²) in [6.07, 6.45) is 4.62. The van der Waals surface area contributed by atoms with Gasteiger partial charge in [0.1, 0.15) is 0 Å². The second-order valence-electron chi connectivity index (χ2n) is 5.83. The van der Waals surface area contributed by atoms with E-state index in [0.29, 0.717) is 0 Å². The molecule has 0 radical (unpaired) electrons. The van der Waals surface area contributed by atoms with E-state index in [2.05, 4.69) is 29.0 Å². The van der Waals surface area contributed by atoms with Crippen molar-refractivity contribution >= 4 is 11.3 Å². The minimum atomic E-state index is 0.750. The monoisotopic (exact) mass is 311 g/mol. The molecular formula is C21H17N3. The molecule has 0 atom stereocenters. The highest BCUT2D eigenvalue weighted by molar-refractivity contribution is 6.09. The Kier molecular flexibility index (Phi) is 3.75. The lowest BCUT2D eigenvalue weighted by molar-refractivity contribution is 1.15. The third kappa shape index (κ3) is 2.76. The maximum Gasteiger partial charge on any atom is 0.159 e. The maximum absolute atomic E-state index is 4.74. The van der Waals surface area contributed by atoms with E-state index < -0.39 is 0 Å². The molecule has 24 heavy (non-hydrogen) atoms. The molecule has 1 aliphatic heterocycles. The Morgan fingerprint density at radius 3 is 1.92 bits per heavy atom. The second kappa shape index (κ2) is 6.20. The Morgan fingerprint density at radius 2 is 1.29 bits per heavy atom. The smallest absolute Gasteiger partial charge is 0.159 e. The molecule has 0 saturated carbocycles. The van der Waals surface area contributed by atoms with Crippen molar-refractivity contribution in [1.29, 1.82) is 0 Å². The fraction of sp³-hybridized carbons (Fsp3) is 0.0952. The van der Waals surface area contributed by atoms with Crippen LogP contribution in [0.25, 0.3) is 17.0 Å². The molecule has 3 aromatic rings. The fourth-order valence-electron chi connectivity index (χ4n) is 2.93. The number of rotatable bonds is 3. The van der Waals surface area contributed by atoms with Gasteiger partial charge in [-0.1, -0.05) is 60.7 Å². The first-order chi connectivity index (χ1) is 11.8. The van der Waals surface area contributed by atoms with E-state index in [9.17, 15) is 0 Å². The summed E-state index contributed by atoms with van der Waals surface area (Å²) in [7, 11) is 0. The highest BCUT2D eigenvalue weighted by Crippen LogP contribution is 2.31. The number of hydrogen-bond acceptors (Lipinski definition) is 3. The average Bonchev–Trinajstić information content (AvgIpc) is 3.05. The van der Waals surface area contributed by atoms with Crippen LogP contribution >= 0.6 is 0 Å². The normalized spacial score (nSPS) is 14.0. The van der Waals surface area contributed by atoms with E-state index in [0.717, 1.165) is 34.8 Å². The molecule has 116 valence electrons. The number of hydrogen-bond donors (Lipinski definition) is 0. The predicted molar refractivity (Wildman–Crippen MR) is 97.7 cm³/mol. The zero-order valence-electron chi connectivity index (χ0n) is 13.5. The minimum Gasteiger partial charge on any atom is -0.257 e. The SMILES string of the molecule is CC1=C(c2cnc(-c3ccccc3)nc2)CC(c2ccccc2)=N1. The number of benzene rings is 2. The number of aromatic nitrogens is 2. The zero-order valence-corrected chi connectivity index (χ0v) is 13.5. The van der Waals surface area contributed by atoms with Crippen molar-refractivity contribution in [2.45, 2.75) is 13.3 Å². The van der Waals surface area contributed by atoms with Crippen LogP contribution in [0.2, 0.25) is 0 Å². The van der Waals surface area contributed by atoms with Gasteiger partial charge in [0, 0.05) is 35.6 Å². The lowest BCUT2D eigenvalue weighted by atomic mass is 10.00. The van der Waals surface area contributed by atoms with E-state index in [1.54, 1.807) is 0 Å². The van der Waals surface area contributed by atoms with Crippen LogP contribution in [0.15, 0.2) is 83.7 Å². The molecule has 0 unspecified atom stereocenters. The van der Waals surface area contributed by atoms with Crippen LogP contribution in [-0.4, -0.2) is 15.7 Å². The fourth-order valence-corrected chi connectivity index (χ4v) is 2.93. The van der Waals surface area contributed by atoms with Gasteiger partial charge in [0.2, 0.25) is 0 Å². The largest absolute Gasteiger partial charge is 0.257 e. The Morgan fingerprint density at radius 1 is 0.708 bits per heavy atom. The molecule has 3 heteroatoms. The summed E-state index contributed by atoms with van der Waals surface area (Å²) < 4.78 is 0. The molecule has 3 nitrogen and oxygen atoms in total. The summed E-state index contributed by atoms with van der Waals surface area (Å²) in [5.74, 6) is 0.750. The standard InChI is InChI=1S/C21H17N3/c1-15-19(12-20(24-15)16-8-4-2-5-9-16)18-13-22-21(23-14-18)17-10-6-3-7-11-17/h2-11,13-14H,12H2,1H3. The van der Waals surface area contributed by atoms with Crippen molar-refractivity contribution < 1.29 is 0 Å². The Hall–Kier alpha value is -3.07. The Balaban J connectivity index is 1.58. The highest BCUT2D eigenvalue weighted by atomic mass is 14.9. The van der Waals surface area contributed by atoms with E-state index >= 15 is 0 Å². The first-order valence-corrected chi connectivity index (χ1v) is 8.02. The van der Waals surface area contributed by atoms with Crippen molar-refractivity contribution in [3.05, 3.63) is 89.9 Å². The molecule has 1 aromatic heterocycles. The quantitative estimate of drug-likeness (QED) is 0.699. The van der Waals surface area contributed by atoms with E-state index in [1.807, 2.05) is 60.9 Å². The van der Waals surface area contributed by atoms with Crippen molar-refractivity contribution in [3.63, 3.8) is 0 Å². The molecule has 0 aliphatic carbocycles. The van der Waals surface area contributed by atoms with Gasteiger partial charge in [-0.25, -0.2) is 9.97 Å². The lowest BCUT2D eigenvalue weighted by Gasteiger charge is -2.05. The number of nitrogens with zero attached hydrogens (tertiary/aromatic N) is 3. The molecular weight excluding hydrogens is 294 g/mol. The summed E-state index contributed by atoms with van der Waals surface area (Å²) >= 11 is 0. The van der Waals surface area contributed by atoms with Crippen molar-refractivity contribution in [2.24, 2.45) is 4.99 Å². The van der Waals surface area contributed by atoms with Gasteiger partial charge in [0.05, 0.1) is 5.71 Å². The molecule has 0 spiro atoms. The van der Waals surface area contributed by atoms with E-state index in [4.69, 9.17) is 4.99 Å². The van der Waals surface area contributed by atoms with E-state index in [-0.39, 0.29) is 0 Å². The van der Waals surface area contributed by atoms with Gasteiger partial charge in [-0.2, -0.15) is 0 Å². The summed E-state index contributed by atoms with van der Waals surface area (Å²) in [5, 5.41) is 0. The van der Waals surface area contributed by atoms with Gasteiger partial charge in [-0.3, -0.25) is 4.99 Å². The molecule has 2 aromatic carbocycles. The van der Waals surface area contributed by atoms with Crippen LogP contribution in [0.1, 0.15) is 24.5 Å². The number of aliphatic imine (C=N–C) groups is 1. The van der Waals surface area contributed by atoms with Crippen LogP contribution in [0.3, 0.4) is 0 Å². The van der Waals surface area contributed by atoms with Crippen molar-refractivity contribution in [2.75, 3.05) is 0 Å². The van der Waals surface area contributed by atoms with Crippen LogP contribution in [-0.2, 0) is 0 Å². The maximum atomic E-state index is 4.74. The molecule has 0 bridgehead atoms. The number of allylic oxidation sites excluding steroid dienone is 2. The van der Waals surface area contributed by atoms with Gasteiger partial charge in [0.15, 0.2) is 5.82 Å². The van der Waals surface area contributed by atoms with Crippen LogP contribution in [0.5, 0.6) is 0 Å². The molecule has 1 aliphatic rings. The molecule has 0 saturated heterocycles. The molecule has 0 fully saturated rings. The van der Waals surface area contributed by atoms with Crippen molar-refractivity contribution in [3.8, 4) is 11.4 Å². The summed E-state index contributed by atoms with van der Waals surface area (Å²) in [4.78, 5) is 13.8. The summed E-state index contributed by atoms with van der Waals surface area (Å²) in [6.45, 7) is 2.05. The van der Waals surface area contributed by atoms with Gasteiger partial charge >= 0.3 is 0 Å². The van der Waals surface area contributed by atoms with Crippen molar-refractivity contribution in [1.82, 2.24) is 9.97 Å². The van der Waals surface area contributed by atoms with Gasteiger partial charge < -0.3 is 0 Å². The molecule has 0 N–H and O–H groups in total. The molecule has 0 amide bonds. The Labute approximate surface area is 141 Å². The topological polar surface area (TPSA) is 38.1 Å². The average molecular weight is 311 g/mol. The third-order valence-corrected chi connectivity index (χ3v) is 4.22. The molecule has 4 rings (SSSR count). The lowest BCUT2D eigenvalue weighted by Crippen LogP contribution is -1.98. The molecule has 2 heterocycles. The van der Waals surface area contributed by atoms with Gasteiger partial charge in [-0.15, -0.1) is 0 Å². The van der Waals surface area contributed by atoms with Gasteiger partial charge in [0.25, 0.3) is 0 Å². The third-order valence-electron chi connectivity index (χ3n) is 4.22. The Bertz CT molecular complexity index is 908. The second-order valence-corrected chi connectivity index (χ2v) is 5.83. The predicted octanol–water partition coefficient (Wildman–Crippen LogP) is 4.77. The zero-order chi connectivity index (χ0) is 16.4. The first-order valence-electron chi connectivity index (χ1n) is 8.02. The van der Waals surface area contributed by atoms with Crippen LogP contribution in [0.4, 0.5) is 0 Å². The summed E-state index contributed by atoms with van der Waals surface area (Å²) in [6, 6.07) is 20.3. The van der Waals surface area contributed by atoms with Gasteiger partial charge in [-0.05, 0) is 18.1 Å². The van der Waals surface area contributed by atoms with Crippen LogP contribution in [0, 0.1) is 0 Å². The minimum absolute atomic E-state index is 0.750. The summed E-state index contributed by atoms with van der Waals surface area (Å²) in [5.41, 5.74) is 6.60.